The number of hydrogen-bond donors (Lipinski definition) is 1. The molecule has 0 unspecified atom stereocenters. The molecule has 1 aromatic rings. The molecule has 0 heterocycles. The molecule has 0 atom stereocenters. The Bertz CT molecular complexity index is 612. The molecular formula is C10H10ClNO6S. The molecule has 0 aliphatic carbocycles. The molecule has 0 aromatic heterocycles. The molecule has 104 valence electrons. The van der Waals surface area contributed by atoms with Crippen LogP contribution in [0.3, 0.4) is 0 Å². The van der Waals surface area contributed by atoms with Crippen molar-refractivity contribution in [3.05, 3.63) is 38.9 Å². The molecular weight excluding hydrogens is 298 g/mol. The van der Waals surface area contributed by atoms with E-state index in [1.807, 2.05) is 0 Å². The highest BCUT2D eigenvalue weighted by Gasteiger charge is 2.17. The van der Waals surface area contributed by atoms with Crippen LogP contribution in [-0.2, 0) is 20.4 Å². The number of halogens is 1. The number of hydrogen-bond acceptors (Lipinski definition) is 5. The van der Waals surface area contributed by atoms with E-state index in [9.17, 15) is 23.3 Å². The lowest BCUT2D eigenvalue weighted by Gasteiger charge is -2.05. The summed E-state index contributed by atoms with van der Waals surface area (Å²) < 4.78 is 23.2. The maximum absolute atomic E-state index is 11.6. The first kappa shape index (κ1) is 15.4. The van der Waals surface area contributed by atoms with Crippen LogP contribution in [0.4, 0.5) is 5.69 Å². The molecule has 1 N–H and O–H groups in total. The van der Waals surface area contributed by atoms with Gasteiger partial charge in [-0.25, -0.2) is 8.42 Å². The SMILES string of the molecule is O=C(O)CCS(=O)(=O)Cc1ccc([N+](=O)[O-])cc1Cl. The number of benzene rings is 1. The van der Waals surface area contributed by atoms with Crippen LogP contribution in [0.1, 0.15) is 12.0 Å². The van der Waals surface area contributed by atoms with Gasteiger partial charge in [-0.15, -0.1) is 0 Å². The predicted octanol–water partition coefficient (Wildman–Crippen LogP) is 1.64. The fraction of sp³-hybridized carbons (Fsp3) is 0.300. The van der Waals surface area contributed by atoms with E-state index in [0.29, 0.717) is 0 Å². The van der Waals surface area contributed by atoms with Crippen LogP contribution in [0.25, 0.3) is 0 Å². The third-order valence-electron chi connectivity index (χ3n) is 2.25. The van der Waals surface area contributed by atoms with Gasteiger partial charge in [0.15, 0.2) is 9.84 Å². The van der Waals surface area contributed by atoms with Crippen molar-refractivity contribution in [3.8, 4) is 0 Å². The van der Waals surface area contributed by atoms with E-state index in [0.717, 1.165) is 12.1 Å². The van der Waals surface area contributed by atoms with E-state index in [1.54, 1.807) is 0 Å². The molecule has 0 saturated heterocycles. The summed E-state index contributed by atoms with van der Waals surface area (Å²) in [5.74, 6) is -2.16. The average Bonchev–Trinajstić information content (AvgIpc) is 2.29. The van der Waals surface area contributed by atoms with E-state index in [2.05, 4.69) is 0 Å². The van der Waals surface area contributed by atoms with Gasteiger partial charge in [0.05, 0.1) is 27.9 Å². The predicted molar refractivity (Wildman–Crippen MR) is 67.9 cm³/mol. The van der Waals surface area contributed by atoms with E-state index in [1.165, 1.54) is 6.07 Å². The Kier molecular flexibility index (Phi) is 4.84. The highest BCUT2D eigenvalue weighted by molar-refractivity contribution is 7.90. The first-order valence-corrected chi connectivity index (χ1v) is 7.26. The number of carboxylic acids is 1. The number of carbonyl (C=O) groups is 1. The Morgan fingerprint density at radius 1 is 1.42 bits per heavy atom. The minimum absolute atomic E-state index is 0.0342. The lowest BCUT2D eigenvalue weighted by atomic mass is 10.2. The third kappa shape index (κ3) is 4.84. The number of rotatable bonds is 6. The van der Waals surface area contributed by atoms with Crippen molar-refractivity contribution in [1.29, 1.82) is 0 Å². The first-order valence-electron chi connectivity index (χ1n) is 5.06. The fourth-order valence-corrected chi connectivity index (χ4v) is 3.00. The van der Waals surface area contributed by atoms with Crippen LogP contribution in [0, 0.1) is 10.1 Å². The van der Waals surface area contributed by atoms with Crippen molar-refractivity contribution >= 4 is 33.1 Å². The highest BCUT2D eigenvalue weighted by Crippen LogP contribution is 2.24. The first-order chi connectivity index (χ1) is 8.71. The van der Waals surface area contributed by atoms with Crippen molar-refractivity contribution in [2.24, 2.45) is 0 Å². The Hall–Kier alpha value is -1.67. The topological polar surface area (TPSA) is 115 Å². The van der Waals surface area contributed by atoms with Gasteiger partial charge in [-0.1, -0.05) is 11.6 Å². The zero-order valence-electron chi connectivity index (χ0n) is 9.58. The van der Waals surface area contributed by atoms with Crippen molar-refractivity contribution in [2.75, 3.05) is 5.75 Å². The number of nitrogens with zero attached hydrogens (tertiary/aromatic N) is 1. The lowest BCUT2D eigenvalue weighted by Crippen LogP contribution is -2.13. The van der Waals surface area contributed by atoms with Crippen LogP contribution in [-0.4, -0.2) is 30.2 Å². The van der Waals surface area contributed by atoms with Crippen LogP contribution in [0.15, 0.2) is 18.2 Å². The van der Waals surface area contributed by atoms with Crippen LogP contribution >= 0.6 is 11.6 Å². The summed E-state index contributed by atoms with van der Waals surface area (Å²) in [7, 11) is -3.62. The monoisotopic (exact) mass is 307 g/mol. The number of sulfone groups is 1. The standard InChI is InChI=1S/C10H10ClNO6S/c11-9-5-8(12(15)16)2-1-7(9)6-19(17,18)4-3-10(13)14/h1-2,5H,3-4,6H2,(H,13,14). The summed E-state index contributed by atoms with van der Waals surface area (Å²) >= 11 is 5.76. The second kappa shape index (κ2) is 5.98. The quantitative estimate of drug-likeness (QED) is 0.631. The van der Waals surface area contributed by atoms with Crippen LogP contribution < -0.4 is 0 Å². The second-order valence-corrected chi connectivity index (χ2v) is 6.36. The fourth-order valence-electron chi connectivity index (χ4n) is 1.32. The van der Waals surface area contributed by atoms with Gasteiger partial charge in [0.25, 0.3) is 5.69 Å². The van der Waals surface area contributed by atoms with E-state index in [4.69, 9.17) is 16.7 Å². The normalized spacial score (nSPS) is 11.2. The maximum Gasteiger partial charge on any atom is 0.304 e. The minimum atomic E-state index is -3.62. The molecule has 0 fully saturated rings. The Balaban J connectivity index is 2.88. The van der Waals surface area contributed by atoms with E-state index in [-0.39, 0.29) is 16.3 Å². The average molecular weight is 308 g/mol. The van der Waals surface area contributed by atoms with Gasteiger partial charge in [0.2, 0.25) is 0 Å². The molecule has 0 bridgehead atoms. The number of nitro benzene ring substituents is 1. The van der Waals surface area contributed by atoms with Crippen molar-refractivity contribution < 1.29 is 23.2 Å². The molecule has 19 heavy (non-hydrogen) atoms. The summed E-state index contributed by atoms with van der Waals surface area (Å²) in [4.78, 5) is 20.2. The Labute approximate surface area is 113 Å². The lowest BCUT2D eigenvalue weighted by molar-refractivity contribution is -0.384. The van der Waals surface area contributed by atoms with Crippen molar-refractivity contribution in [2.45, 2.75) is 12.2 Å². The van der Waals surface area contributed by atoms with Gasteiger partial charge < -0.3 is 5.11 Å². The number of carboxylic acid groups (broad SMARTS) is 1. The Morgan fingerprint density at radius 3 is 2.53 bits per heavy atom. The largest absolute Gasteiger partial charge is 0.481 e. The van der Waals surface area contributed by atoms with Crippen LogP contribution in [0.5, 0.6) is 0 Å². The van der Waals surface area contributed by atoms with Gasteiger partial charge >= 0.3 is 5.97 Å². The highest BCUT2D eigenvalue weighted by atomic mass is 35.5. The van der Waals surface area contributed by atoms with E-state index < -0.39 is 38.7 Å². The molecule has 0 spiro atoms. The van der Waals surface area contributed by atoms with Gasteiger partial charge in [-0.3, -0.25) is 14.9 Å². The second-order valence-electron chi connectivity index (χ2n) is 3.77. The smallest absolute Gasteiger partial charge is 0.304 e. The van der Waals surface area contributed by atoms with Crippen LogP contribution in [0.2, 0.25) is 5.02 Å². The molecule has 9 heteroatoms. The van der Waals surface area contributed by atoms with Crippen molar-refractivity contribution in [3.63, 3.8) is 0 Å². The summed E-state index contributed by atoms with van der Waals surface area (Å²) in [6, 6.07) is 3.45. The van der Waals surface area contributed by atoms with Gasteiger partial charge in [-0.2, -0.15) is 0 Å². The number of nitro groups is 1. The maximum atomic E-state index is 11.6. The molecule has 1 aromatic carbocycles. The minimum Gasteiger partial charge on any atom is -0.481 e. The van der Waals surface area contributed by atoms with E-state index >= 15 is 0 Å². The van der Waals surface area contributed by atoms with Gasteiger partial charge in [-0.05, 0) is 11.6 Å². The molecule has 0 amide bonds. The summed E-state index contributed by atoms with van der Waals surface area (Å²) in [5.41, 5.74) is -0.0330. The van der Waals surface area contributed by atoms with Gasteiger partial charge in [0.1, 0.15) is 0 Å². The zero-order chi connectivity index (χ0) is 14.6. The summed E-state index contributed by atoms with van der Waals surface area (Å²) in [6.07, 6.45) is -0.493. The van der Waals surface area contributed by atoms with Crippen molar-refractivity contribution in [1.82, 2.24) is 0 Å². The molecule has 0 aliphatic rings. The van der Waals surface area contributed by atoms with Gasteiger partial charge in [0, 0.05) is 12.1 Å². The third-order valence-corrected chi connectivity index (χ3v) is 4.18. The number of aliphatic carboxylic acids is 1. The molecule has 1 rings (SSSR count). The Morgan fingerprint density at radius 2 is 2.05 bits per heavy atom. The molecule has 7 nitrogen and oxygen atoms in total. The summed E-state index contributed by atoms with van der Waals surface area (Å²) in [5, 5.41) is 18.9. The molecule has 0 aliphatic heterocycles. The molecule has 0 saturated carbocycles. The summed E-state index contributed by atoms with van der Waals surface area (Å²) in [6.45, 7) is 0. The zero-order valence-corrected chi connectivity index (χ0v) is 11.1. The number of non-ortho nitro benzene ring substituents is 1. The molecule has 0 radical (unpaired) electrons.